The van der Waals surface area contributed by atoms with E-state index in [0.717, 1.165) is 10.5 Å². The van der Waals surface area contributed by atoms with Crippen LogP contribution in [-0.4, -0.2) is 46.6 Å². The van der Waals surface area contributed by atoms with Gasteiger partial charge < -0.3 is 4.74 Å². The van der Waals surface area contributed by atoms with Gasteiger partial charge in [-0.1, -0.05) is 0 Å². The standard InChI is InChI=1S/C16H15FN4O2S/c17-12-3-1-11(2-4-12)13-9-21-14(10-24-16(21)18-13)15(22)19-20-5-7-23-8-6-20/h1-4,9-10H,5-8H2,(H,19,22). The molecule has 0 radical (unpaired) electrons. The van der Waals surface area contributed by atoms with Gasteiger partial charge in [-0.2, -0.15) is 0 Å². The van der Waals surface area contributed by atoms with Crippen LogP contribution in [0.4, 0.5) is 4.39 Å². The van der Waals surface area contributed by atoms with Gasteiger partial charge in [0.15, 0.2) is 4.96 Å². The minimum atomic E-state index is -0.287. The van der Waals surface area contributed by atoms with Crippen LogP contribution >= 0.6 is 11.3 Å². The molecule has 0 atom stereocenters. The average molecular weight is 346 g/mol. The van der Waals surface area contributed by atoms with Gasteiger partial charge in [0.25, 0.3) is 5.91 Å². The molecule has 0 spiro atoms. The smallest absolute Gasteiger partial charge is 0.283 e. The van der Waals surface area contributed by atoms with Gasteiger partial charge >= 0.3 is 0 Å². The summed E-state index contributed by atoms with van der Waals surface area (Å²) in [6, 6.07) is 6.15. The first-order chi connectivity index (χ1) is 11.7. The number of aromatic nitrogens is 2. The van der Waals surface area contributed by atoms with Crippen LogP contribution in [0.1, 0.15) is 10.5 Å². The van der Waals surface area contributed by atoms with E-state index >= 15 is 0 Å². The number of carbonyl (C=O) groups is 1. The molecule has 8 heteroatoms. The molecular formula is C16H15FN4O2S. The minimum Gasteiger partial charge on any atom is -0.379 e. The molecule has 1 aliphatic rings. The Morgan fingerprint density at radius 2 is 2.00 bits per heavy atom. The molecule has 2 aromatic heterocycles. The Balaban J connectivity index is 1.59. The second-order valence-electron chi connectivity index (χ2n) is 5.45. The lowest BCUT2D eigenvalue weighted by atomic mass is 10.2. The lowest BCUT2D eigenvalue weighted by Crippen LogP contribution is -2.48. The normalized spacial score (nSPS) is 15.7. The maximum Gasteiger partial charge on any atom is 0.283 e. The molecule has 0 aliphatic carbocycles. The van der Waals surface area contributed by atoms with E-state index in [0.29, 0.717) is 37.7 Å². The Morgan fingerprint density at radius 1 is 1.25 bits per heavy atom. The van der Waals surface area contributed by atoms with Crippen molar-refractivity contribution in [2.75, 3.05) is 26.3 Å². The molecule has 0 saturated carbocycles. The first-order valence-electron chi connectivity index (χ1n) is 7.57. The number of carbonyl (C=O) groups excluding carboxylic acids is 1. The number of rotatable bonds is 3. The molecule has 0 unspecified atom stereocenters. The van der Waals surface area contributed by atoms with Crippen LogP contribution in [0, 0.1) is 5.82 Å². The number of nitrogens with one attached hydrogen (secondary N) is 1. The second kappa shape index (κ2) is 6.31. The van der Waals surface area contributed by atoms with Crippen LogP contribution < -0.4 is 5.43 Å². The molecule has 24 heavy (non-hydrogen) atoms. The summed E-state index contributed by atoms with van der Waals surface area (Å²) in [6.07, 6.45) is 1.80. The highest BCUT2D eigenvalue weighted by Gasteiger charge is 2.18. The van der Waals surface area contributed by atoms with Crippen LogP contribution in [0.15, 0.2) is 35.8 Å². The van der Waals surface area contributed by atoms with Gasteiger partial charge in [0.2, 0.25) is 0 Å². The van der Waals surface area contributed by atoms with E-state index in [2.05, 4.69) is 10.4 Å². The molecule has 1 fully saturated rings. The quantitative estimate of drug-likeness (QED) is 0.790. The van der Waals surface area contributed by atoms with Crippen LogP contribution in [0.2, 0.25) is 0 Å². The molecule has 6 nitrogen and oxygen atoms in total. The van der Waals surface area contributed by atoms with Gasteiger partial charge in [0.05, 0.1) is 18.9 Å². The van der Waals surface area contributed by atoms with Crippen molar-refractivity contribution in [2.45, 2.75) is 0 Å². The first kappa shape index (κ1) is 15.3. The van der Waals surface area contributed by atoms with Gasteiger partial charge in [-0.3, -0.25) is 14.6 Å². The number of imidazole rings is 1. The molecule has 4 rings (SSSR count). The average Bonchev–Trinajstić information content (AvgIpc) is 3.17. The highest BCUT2D eigenvalue weighted by Crippen LogP contribution is 2.24. The summed E-state index contributed by atoms with van der Waals surface area (Å²) in [5, 5.41) is 3.64. The monoisotopic (exact) mass is 346 g/mol. The van der Waals surface area contributed by atoms with Crippen molar-refractivity contribution < 1.29 is 13.9 Å². The van der Waals surface area contributed by atoms with Gasteiger partial charge in [-0.25, -0.2) is 14.4 Å². The summed E-state index contributed by atoms with van der Waals surface area (Å²) in [7, 11) is 0. The van der Waals surface area contributed by atoms with E-state index in [1.807, 2.05) is 5.01 Å². The highest BCUT2D eigenvalue weighted by molar-refractivity contribution is 7.15. The fourth-order valence-electron chi connectivity index (χ4n) is 2.58. The van der Waals surface area contributed by atoms with Gasteiger partial charge in [-0.05, 0) is 24.3 Å². The Kier molecular flexibility index (Phi) is 4.01. The van der Waals surface area contributed by atoms with E-state index in [-0.39, 0.29) is 11.7 Å². The van der Waals surface area contributed by atoms with Crippen molar-refractivity contribution in [1.82, 2.24) is 19.8 Å². The number of ether oxygens (including phenoxy) is 1. The van der Waals surface area contributed by atoms with Gasteiger partial charge in [0.1, 0.15) is 11.5 Å². The Labute approximate surface area is 141 Å². The second-order valence-corrected chi connectivity index (χ2v) is 6.28. The van der Waals surface area contributed by atoms with Crippen LogP contribution in [0.3, 0.4) is 0 Å². The van der Waals surface area contributed by atoms with Gasteiger partial charge in [-0.15, -0.1) is 11.3 Å². The number of amides is 1. The third-order valence-electron chi connectivity index (χ3n) is 3.85. The molecule has 124 valence electrons. The number of hydrazine groups is 1. The molecule has 1 aromatic carbocycles. The number of morpholine rings is 1. The molecule has 1 amide bonds. The van der Waals surface area contributed by atoms with E-state index in [1.54, 1.807) is 28.1 Å². The zero-order valence-electron chi connectivity index (χ0n) is 12.7. The maximum atomic E-state index is 13.0. The number of halogens is 1. The SMILES string of the molecule is O=C(NN1CCOCC1)c1csc2nc(-c3ccc(F)cc3)cn12. The molecule has 1 aliphatic heterocycles. The van der Waals surface area contributed by atoms with Crippen molar-refractivity contribution in [2.24, 2.45) is 0 Å². The largest absolute Gasteiger partial charge is 0.379 e. The number of benzene rings is 1. The predicted octanol–water partition coefficient (Wildman–Crippen LogP) is 2.18. The first-order valence-corrected chi connectivity index (χ1v) is 8.45. The zero-order chi connectivity index (χ0) is 16.5. The number of thiazole rings is 1. The molecule has 3 aromatic rings. The topological polar surface area (TPSA) is 58.9 Å². The summed E-state index contributed by atoms with van der Waals surface area (Å²) in [5.74, 6) is -0.462. The van der Waals surface area contributed by atoms with E-state index in [1.165, 1.54) is 23.5 Å². The fraction of sp³-hybridized carbons (Fsp3) is 0.250. The number of nitrogens with zero attached hydrogens (tertiary/aromatic N) is 3. The summed E-state index contributed by atoms with van der Waals surface area (Å²) in [6.45, 7) is 2.56. The predicted molar refractivity (Wildman–Crippen MR) is 88.3 cm³/mol. The van der Waals surface area contributed by atoms with Crippen molar-refractivity contribution in [3.63, 3.8) is 0 Å². The summed E-state index contributed by atoms with van der Waals surface area (Å²) < 4.78 is 20.1. The summed E-state index contributed by atoms with van der Waals surface area (Å²) in [5.41, 5.74) is 4.95. The Morgan fingerprint density at radius 3 is 2.75 bits per heavy atom. The molecule has 1 N–H and O–H groups in total. The third kappa shape index (κ3) is 2.91. The maximum absolute atomic E-state index is 13.0. The van der Waals surface area contributed by atoms with Crippen LogP contribution in [0.5, 0.6) is 0 Å². The van der Waals surface area contributed by atoms with E-state index < -0.39 is 0 Å². The summed E-state index contributed by atoms with van der Waals surface area (Å²) >= 11 is 1.40. The Bertz CT molecular complexity index is 868. The van der Waals surface area contributed by atoms with Crippen LogP contribution in [0.25, 0.3) is 16.2 Å². The summed E-state index contributed by atoms with van der Waals surface area (Å²) in [4.78, 5) is 17.7. The van der Waals surface area contributed by atoms with Crippen molar-refractivity contribution in [1.29, 1.82) is 0 Å². The van der Waals surface area contributed by atoms with Crippen molar-refractivity contribution >= 4 is 22.2 Å². The molecule has 0 bridgehead atoms. The van der Waals surface area contributed by atoms with Crippen molar-refractivity contribution in [3.8, 4) is 11.3 Å². The van der Waals surface area contributed by atoms with Gasteiger partial charge in [0, 0.05) is 30.2 Å². The minimum absolute atomic E-state index is 0.175. The number of fused-ring (bicyclic) bond motifs is 1. The zero-order valence-corrected chi connectivity index (χ0v) is 13.6. The highest BCUT2D eigenvalue weighted by atomic mass is 32.1. The van der Waals surface area contributed by atoms with Crippen LogP contribution in [-0.2, 0) is 4.74 Å². The third-order valence-corrected chi connectivity index (χ3v) is 4.69. The van der Waals surface area contributed by atoms with E-state index in [9.17, 15) is 9.18 Å². The van der Waals surface area contributed by atoms with Crippen molar-refractivity contribution in [3.05, 3.63) is 47.4 Å². The van der Waals surface area contributed by atoms with E-state index in [4.69, 9.17) is 4.74 Å². The Hall–Kier alpha value is -2.29. The number of hydrogen-bond donors (Lipinski definition) is 1. The molecular weight excluding hydrogens is 331 g/mol. The number of hydrogen-bond acceptors (Lipinski definition) is 5. The lowest BCUT2D eigenvalue weighted by Gasteiger charge is -2.26. The lowest BCUT2D eigenvalue weighted by molar-refractivity contribution is 0.0124. The molecule has 1 saturated heterocycles. The fourth-order valence-corrected chi connectivity index (χ4v) is 3.44. The molecule has 3 heterocycles.